The molecule has 0 aromatic rings. The first-order valence-corrected chi connectivity index (χ1v) is 3.97. The molecule has 0 atom stereocenters. The number of nitrogens with one attached hydrogen (secondary N) is 1. The van der Waals surface area contributed by atoms with Gasteiger partial charge in [-0.2, -0.15) is 13.2 Å². The lowest BCUT2D eigenvalue weighted by molar-refractivity contribution is -0.189. The molecule has 0 saturated carbocycles. The standard InChI is InChI=1S/C7H14F3NO/c1-2-3-4-5-11-12-6-7(8,9)10/h11H,2-6H2,1H3. The van der Waals surface area contributed by atoms with Gasteiger partial charge in [-0.1, -0.05) is 19.8 Å². The molecule has 0 rings (SSSR count). The molecule has 0 bridgehead atoms. The zero-order valence-electron chi connectivity index (χ0n) is 7.08. The molecule has 0 aromatic carbocycles. The molecule has 0 heterocycles. The van der Waals surface area contributed by atoms with Crippen molar-refractivity contribution in [3.05, 3.63) is 0 Å². The minimum Gasteiger partial charge on any atom is -0.292 e. The van der Waals surface area contributed by atoms with Crippen molar-refractivity contribution < 1.29 is 18.0 Å². The maximum Gasteiger partial charge on any atom is 0.413 e. The second kappa shape index (κ2) is 6.25. The SMILES string of the molecule is CCCCCNOCC(F)(F)F. The summed E-state index contributed by atoms with van der Waals surface area (Å²) in [5.41, 5.74) is 2.26. The first-order valence-electron chi connectivity index (χ1n) is 3.97. The number of hydrogen-bond donors (Lipinski definition) is 1. The summed E-state index contributed by atoms with van der Waals surface area (Å²) < 4.78 is 34.4. The van der Waals surface area contributed by atoms with Gasteiger partial charge in [0.25, 0.3) is 0 Å². The summed E-state index contributed by atoms with van der Waals surface area (Å²) in [5.74, 6) is 0. The number of hydrogen-bond acceptors (Lipinski definition) is 2. The van der Waals surface area contributed by atoms with Crippen LogP contribution in [0.3, 0.4) is 0 Å². The van der Waals surface area contributed by atoms with Gasteiger partial charge in [0.05, 0.1) is 0 Å². The van der Waals surface area contributed by atoms with E-state index < -0.39 is 12.8 Å². The lowest BCUT2D eigenvalue weighted by Crippen LogP contribution is -2.25. The van der Waals surface area contributed by atoms with Crippen LogP contribution in [0.2, 0.25) is 0 Å². The van der Waals surface area contributed by atoms with E-state index in [-0.39, 0.29) is 0 Å². The maximum absolute atomic E-state index is 11.5. The Labute approximate surface area is 70.0 Å². The van der Waals surface area contributed by atoms with Crippen molar-refractivity contribution in [1.29, 1.82) is 0 Å². The highest BCUT2D eigenvalue weighted by Crippen LogP contribution is 2.13. The summed E-state index contributed by atoms with van der Waals surface area (Å²) >= 11 is 0. The van der Waals surface area contributed by atoms with E-state index in [1.54, 1.807) is 0 Å². The topological polar surface area (TPSA) is 21.3 Å². The van der Waals surface area contributed by atoms with Crippen LogP contribution in [-0.4, -0.2) is 19.3 Å². The van der Waals surface area contributed by atoms with E-state index in [0.717, 1.165) is 19.3 Å². The summed E-state index contributed by atoms with van der Waals surface area (Å²) in [7, 11) is 0. The van der Waals surface area contributed by atoms with Crippen molar-refractivity contribution in [2.24, 2.45) is 0 Å². The predicted octanol–water partition coefficient (Wildman–Crippen LogP) is 2.26. The van der Waals surface area contributed by atoms with Gasteiger partial charge in [0, 0.05) is 6.54 Å². The lowest BCUT2D eigenvalue weighted by atomic mass is 10.3. The largest absolute Gasteiger partial charge is 0.413 e. The van der Waals surface area contributed by atoms with Gasteiger partial charge in [-0.25, -0.2) is 5.48 Å². The fourth-order valence-electron chi connectivity index (χ4n) is 0.652. The van der Waals surface area contributed by atoms with Crippen LogP contribution < -0.4 is 5.48 Å². The molecule has 0 radical (unpaired) electrons. The average Bonchev–Trinajstić information content (AvgIpc) is 1.94. The quantitative estimate of drug-likeness (QED) is 0.506. The van der Waals surface area contributed by atoms with E-state index in [9.17, 15) is 13.2 Å². The second-order valence-corrected chi connectivity index (χ2v) is 2.51. The van der Waals surface area contributed by atoms with Crippen molar-refractivity contribution in [3.63, 3.8) is 0 Å². The van der Waals surface area contributed by atoms with Crippen LogP contribution in [0.15, 0.2) is 0 Å². The highest BCUT2D eigenvalue weighted by Gasteiger charge is 2.27. The molecule has 2 nitrogen and oxygen atoms in total. The Morgan fingerprint density at radius 2 is 1.92 bits per heavy atom. The molecule has 12 heavy (non-hydrogen) atoms. The fourth-order valence-corrected chi connectivity index (χ4v) is 0.652. The Kier molecular flexibility index (Phi) is 6.10. The number of alkyl halides is 3. The van der Waals surface area contributed by atoms with E-state index >= 15 is 0 Å². The van der Waals surface area contributed by atoms with E-state index in [4.69, 9.17) is 0 Å². The smallest absolute Gasteiger partial charge is 0.292 e. The molecule has 0 amide bonds. The molecule has 0 fully saturated rings. The summed E-state index contributed by atoms with van der Waals surface area (Å²) in [6.07, 6.45) is -1.35. The third kappa shape index (κ3) is 9.71. The molecule has 74 valence electrons. The highest BCUT2D eigenvalue weighted by atomic mass is 19.4. The average molecular weight is 185 g/mol. The minimum absolute atomic E-state index is 0.476. The second-order valence-electron chi connectivity index (χ2n) is 2.51. The monoisotopic (exact) mass is 185 g/mol. The van der Waals surface area contributed by atoms with Gasteiger partial charge in [-0.15, -0.1) is 0 Å². The number of halogens is 3. The van der Waals surface area contributed by atoms with Crippen molar-refractivity contribution >= 4 is 0 Å². The molecule has 0 aliphatic carbocycles. The Hall–Kier alpha value is -0.290. The van der Waals surface area contributed by atoms with Crippen LogP contribution in [0.4, 0.5) is 13.2 Å². The number of unbranched alkanes of at least 4 members (excludes halogenated alkanes) is 2. The third-order valence-electron chi connectivity index (χ3n) is 1.22. The zero-order valence-corrected chi connectivity index (χ0v) is 7.08. The van der Waals surface area contributed by atoms with E-state index in [1.807, 2.05) is 6.92 Å². The van der Waals surface area contributed by atoms with Crippen LogP contribution in [0.5, 0.6) is 0 Å². The van der Waals surface area contributed by atoms with Crippen LogP contribution in [0, 0.1) is 0 Å². The highest BCUT2D eigenvalue weighted by molar-refractivity contribution is 4.44. The van der Waals surface area contributed by atoms with Gasteiger partial charge >= 0.3 is 6.18 Å². The van der Waals surface area contributed by atoms with Gasteiger partial charge < -0.3 is 0 Å². The Morgan fingerprint density at radius 3 is 2.42 bits per heavy atom. The number of hydroxylamine groups is 1. The first kappa shape index (κ1) is 11.7. The minimum atomic E-state index is -4.24. The predicted molar refractivity (Wildman–Crippen MR) is 39.5 cm³/mol. The molecule has 0 aliphatic heterocycles. The van der Waals surface area contributed by atoms with Crippen molar-refractivity contribution in [2.75, 3.05) is 13.2 Å². The molecule has 5 heteroatoms. The summed E-state index contributed by atoms with van der Waals surface area (Å²) in [6.45, 7) is 1.28. The molecule has 0 aliphatic rings. The lowest BCUT2D eigenvalue weighted by Gasteiger charge is -2.07. The van der Waals surface area contributed by atoms with Gasteiger partial charge in [0.1, 0.15) is 0 Å². The molecule has 1 N–H and O–H groups in total. The van der Waals surface area contributed by atoms with E-state index in [2.05, 4.69) is 10.3 Å². The van der Waals surface area contributed by atoms with Gasteiger partial charge in [0.2, 0.25) is 0 Å². The molecule has 0 saturated heterocycles. The van der Waals surface area contributed by atoms with Gasteiger partial charge in [0.15, 0.2) is 6.61 Å². The Balaban J connectivity index is 3.01. The van der Waals surface area contributed by atoms with Crippen LogP contribution in [0.1, 0.15) is 26.2 Å². The molecule has 0 aromatic heterocycles. The molecule has 0 spiro atoms. The third-order valence-corrected chi connectivity index (χ3v) is 1.22. The van der Waals surface area contributed by atoms with Gasteiger partial charge in [-0.05, 0) is 6.42 Å². The number of rotatable bonds is 6. The normalized spacial score (nSPS) is 12.0. The summed E-state index contributed by atoms with van der Waals surface area (Å²) in [6, 6.07) is 0. The Morgan fingerprint density at radius 1 is 1.25 bits per heavy atom. The van der Waals surface area contributed by atoms with E-state index in [1.165, 1.54) is 0 Å². The van der Waals surface area contributed by atoms with Crippen LogP contribution >= 0.6 is 0 Å². The van der Waals surface area contributed by atoms with E-state index in [0.29, 0.717) is 6.54 Å². The van der Waals surface area contributed by atoms with Gasteiger partial charge in [-0.3, -0.25) is 4.84 Å². The molecular weight excluding hydrogens is 171 g/mol. The van der Waals surface area contributed by atoms with Crippen molar-refractivity contribution in [3.8, 4) is 0 Å². The Bertz CT molecular complexity index is 105. The van der Waals surface area contributed by atoms with Crippen LogP contribution in [0.25, 0.3) is 0 Å². The van der Waals surface area contributed by atoms with Crippen molar-refractivity contribution in [1.82, 2.24) is 5.48 Å². The fraction of sp³-hybridized carbons (Fsp3) is 1.00. The molecule has 0 unspecified atom stereocenters. The van der Waals surface area contributed by atoms with Crippen LogP contribution in [-0.2, 0) is 4.84 Å². The summed E-state index contributed by atoms with van der Waals surface area (Å²) in [5, 5.41) is 0. The summed E-state index contributed by atoms with van der Waals surface area (Å²) in [4.78, 5) is 4.17. The first-order chi connectivity index (χ1) is 5.56. The zero-order chi connectivity index (χ0) is 9.45. The molecular formula is C7H14F3NO. The maximum atomic E-state index is 11.5. The van der Waals surface area contributed by atoms with Crippen molar-refractivity contribution in [2.45, 2.75) is 32.4 Å².